The first-order valence-electron chi connectivity index (χ1n) is 17.8. The molecule has 0 aliphatic carbocycles. The zero-order chi connectivity index (χ0) is 39.2. The van der Waals surface area contributed by atoms with E-state index >= 15 is 0 Å². The van der Waals surface area contributed by atoms with Gasteiger partial charge in [0.2, 0.25) is 0 Å². The molecule has 3 aromatic carbocycles. The molecular formula is C41H35BrN10O4S. The van der Waals surface area contributed by atoms with Gasteiger partial charge in [0.15, 0.2) is 21.1 Å². The molecule has 0 aliphatic heterocycles. The summed E-state index contributed by atoms with van der Waals surface area (Å²) in [7, 11) is -3.30. The Morgan fingerprint density at radius 3 is 1.72 bits per heavy atom. The van der Waals surface area contributed by atoms with Gasteiger partial charge in [-0.1, -0.05) is 36.4 Å². The SMILES string of the molecule is Brc1cnn2cc(-c3ccc(OCCn4ccnc4)cc3)cnc12.CS(=O)(=O)c1cccc(-c2cnn3cc(-c4ccc(OCCn5ccnc5)cc4)cnc23)c1. The molecule has 0 radical (unpaired) electrons. The molecule has 9 aromatic rings. The van der Waals surface area contributed by atoms with Crippen molar-refractivity contribution in [1.29, 1.82) is 0 Å². The van der Waals surface area contributed by atoms with Crippen LogP contribution < -0.4 is 9.47 Å². The van der Waals surface area contributed by atoms with E-state index in [1.165, 1.54) is 6.26 Å². The van der Waals surface area contributed by atoms with E-state index in [0.717, 1.165) is 68.1 Å². The summed E-state index contributed by atoms with van der Waals surface area (Å²) in [4.78, 5) is 17.3. The number of sulfone groups is 1. The van der Waals surface area contributed by atoms with Crippen LogP contribution in [0.4, 0.5) is 0 Å². The van der Waals surface area contributed by atoms with Gasteiger partial charge < -0.3 is 18.6 Å². The predicted octanol–water partition coefficient (Wildman–Crippen LogP) is 7.18. The Morgan fingerprint density at radius 1 is 0.632 bits per heavy atom. The lowest BCUT2D eigenvalue weighted by Gasteiger charge is -2.08. The lowest BCUT2D eigenvalue weighted by Crippen LogP contribution is -2.06. The number of benzene rings is 3. The first kappa shape index (κ1) is 37.3. The standard InChI is InChI=1S/C24H21N5O3S.C17H14BrN5O/c1-33(30,31)22-4-2-3-19(13-22)23-15-27-29-16-20(14-26-24(23)29)18-5-7-21(8-6-18)32-12-11-28-10-9-25-17-28;18-16-10-21-23-11-14(9-20-17(16)23)13-1-3-15(4-2-13)24-8-7-22-6-5-19-12-22/h2-10,13-17H,11-12H2,1H3;1-6,9-12H,7-8H2. The van der Waals surface area contributed by atoms with Crippen molar-refractivity contribution in [2.75, 3.05) is 19.5 Å². The van der Waals surface area contributed by atoms with Gasteiger partial charge in [0, 0.05) is 72.5 Å². The van der Waals surface area contributed by atoms with Crippen LogP contribution in [0.1, 0.15) is 0 Å². The third-order valence-electron chi connectivity index (χ3n) is 8.97. The fourth-order valence-corrected chi connectivity index (χ4v) is 7.02. The highest BCUT2D eigenvalue weighted by Crippen LogP contribution is 2.28. The summed E-state index contributed by atoms with van der Waals surface area (Å²) in [6.45, 7) is 2.66. The van der Waals surface area contributed by atoms with E-state index in [4.69, 9.17) is 9.47 Å². The molecule has 286 valence electrons. The zero-order valence-electron chi connectivity index (χ0n) is 30.6. The smallest absolute Gasteiger partial charge is 0.175 e. The van der Waals surface area contributed by atoms with E-state index in [-0.39, 0.29) is 4.90 Å². The molecule has 9 rings (SSSR count). The van der Waals surface area contributed by atoms with E-state index in [9.17, 15) is 8.42 Å². The molecule has 0 saturated carbocycles. The summed E-state index contributed by atoms with van der Waals surface area (Å²) in [6.07, 6.45) is 23.0. The highest BCUT2D eigenvalue weighted by atomic mass is 79.9. The first-order chi connectivity index (χ1) is 27.8. The van der Waals surface area contributed by atoms with Gasteiger partial charge in [0.1, 0.15) is 24.7 Å². The Hall–Kier alpha value is -6.65. The minimum Gasteiger partial charge on any atom is -0.492 e. The van der Waals surface area contributed by atoms with Crippen LogP contribution in [0.3, 0.4) is 0 Å². The number of rotatable bonds is 12. The minimum absolute atomic E-state index is 0.267. The van der Waals surface area contributed by atoms with Crippen LogP contribution in [0.15, 0.2) is 157 Å². The number of fused-ring (bicyclic) bond motifs is 2. The van der Waals surface area contributed by atoms with Crippen LogP contribution >= 0.6 is 15.9 Å². The molecule has 14 nitrogen and oxygen atoms in total. The Morgan fingerprint density at radius 2 is 1.18 bits per heavy atom. The fraction of sp³-hybridized carbons (Fsp3) is 0.122. The van der Waals surface area contributed by atoms with Gasteiger partial charge in [-0.05, 0) is 69.0 Å². The third-order valence-corrected chi connectivity index (χ3v) is 10.6. The summed E-state index contributed by atoms with van der Waals surface area (Å²) in [5.74, 6) is 1.63. The van der Waals surface area contributed by atoms with E-state index in [2.05, 4.69) is 46.1 Å². The number of ether oxygens (including phenoxy) is 2. The molecule has 0 N–H and O–H groups in total. The molecule has 6 heterocycles. The van der Waals surface area contributed by atoms with Gasteiger partial charge in [-0.25, -0.2) is 37.4 Å². The maximum absolute atomic E-state index is 11.9. The molecule has 0 amide bonds. The highest BCUT2D eigenvalue weighted by molar-refractivity contribution is 9.10. The van der Waals surface area contributed by atoms with Crippen LogP contribution in [0, 0.1) is 0 Å². The van der Waals surface area contributed by atoms with Gasteiger partial charge in [0.25, 0.3) is 0 Å². The molecule has 0 unspecified atom stereocenters. The Labute approximate surface area is 336 Å². The molecular weight excluding hydrogens is 808 g/mol. The largest absolute Gasteiger partial charge is 0.492 e. The lowest BCUT2D eigenvalue weighted by atomic mass is 10.1. The molecule has 6 aromatic heterocycles. The highest BCUT2D eigenvalue weighted by Gasteiger charge is 2.13. The van der Waals surface area contributed by atoms with Crippen molar-refractivity contribution in [2.45, 2.75) is 18.0 Å². The van der Waals surface area contributed by atoms with Gasteiger partial charge >= 0.3 is 0 Å². The second-order valence-electron chi connectivity index (χ2n) is 12.9. The summed E-state index contributed by atoms with van der Waals surface area (Å²) < 4.78 is 43.7. The molecule has 0 atom stereocenters. The quantitative estimate of drug-likeness (QED) is 0.124. The van der Waals surface area contributed by atoms with Gasteiger partial charge in [-0.2, -0.15) is 10.2 Å². The van der Waals surface area contributed by atoms with Crippen LogP contribution in [-0.2, 0) is 22.9 Å². The van der Waals surface area contributed by atoms with Crippen LogP contribution in [0.2, 0.25) is 0 Å². The number of nitrogens with zero attached hydrogens (tertiary/aromatic N) is 10. The van der Waals surface area contributed by atoms with Crippen molar-refractivity contribution < 1.29 is 17.9 Å². The van der Waals surface area contributed by atoms with Gasteiger partial charge in [-0.15, -0.1) is 0 Å². The topological polar surface area (TPSA) is 149 Å². The third kappa shape index (κ3) is 8.92. The number of aromatic nitrogens is 10. The van der Waals surface area contributed by atoms with Crippen LogP contribution in [0.25, 0.3) is 44.7 Å². The van der Waals surface area contributed by atoms with E-state index in [1.807, 2.05) is 94.7 Å². The van der Waals surface area contributed by atoms with E-state index < -0.39 is 9.84 Å². The molecule has 0 saturated heterocycles. The van der Waals surface area contributed by atoms with Crippen molar-refractivity contribution in [3.63, 3.8) is 0 Å². The normalized spacial score (nSPS) is 11.4. The summed E-state index contributed by atoms with van der Waals surface area (Å²) in [5.41, 5.74) is 6.96. The molecule has 57 heavy (non-hydrogen) atoms. The Bertz CT molecular complexity index is 2840. The van der Waals surface area contributed by atoms with E-state index in [0.29, 0.717) is 18.9 Å². The van der Waals surface area contributed by atoms with Crippen LogP contribution in [0.5, 0.6) is 11.5 Å². The average molecular weight is 844 g/mol. The van der Waals surface area contributed by atoms with Crippen molar-refractivity contribution in [1.82, 2.24) is 48.3 Å². The van der Waals surface area contributed by atoms with Crippen molar-refractivity contribution in [3.8, 4) is 44.9 Å². The fourth-order valence-electron chi connectivity index (χ4n) is 5.98. The monoisotopic (exact) mass is 842 g/mol. The second-order valence-corrected chi connectivity index (χ2v) is 15.8. The predicted molar refractivity (Wildman–Crippen MR) is 219 cm³/mol. The lowest BCUT2D eigenvalue weighted by molar-refractivity contribution is 0.298. The average Bonchev–Trinajstić information content (AvgIpc) is 4.08. The molecule has 0 fully saturated rings. The van der Waals surface area contributed by atoms with E-state index in [1.54, 1.807) is 70.9 Å². The second kappa shape index (κ2) is 16.6. The van der Waals surface area contributed by atoms with Crippen molar-refractivity contribution >= 4 is 37.1 Å². The van der Waals surface area contributed by atoms with Crippen LogP contribution in [-0.4, -0.2) is 76.2 Å². The first-order valence-corrected chi connectivity index (χ1v) is 20.5. The van der Waals surface area contributed by atoms with Crippen molar-refractivity contribution in [3.05, 3.63) is 152 Å². The van der Waals surface area contributed by atoms with Gasteiger partial charge in [-0.3, -0.25) is 0 Å². The summed E-state index contributed by atoms with van der Waals surface area (Å²) in [6, 6.07) is 22.6. The summed E-state index contributed by atoms with van der Waals surface area (Å²) >= 11 is 3.43. The minimum atomic E-state index is -3.30. The Balaban J connectivity index is 0.000000168. The molecule has 0 bridgehead atoms. The van der Waals surface area contributed by atoms with Crippen molar-refractivity contribution in [2.24, 2.45) is 0 Å². The van der Waals surface area contributed by atoms with Gasteiger partial charge in [0.05, 0.1) is 47.5 Å². The maximum Gasteiger partial charge on any atom is 0.175 e. The maximum atomic E-state index is 11.9. The zero-order valence-corrected chi connectivity index (χ0v) is 33.0. The Kier molecular flexibility index (Phi) is 10.9. The number of hydrogen-bond donors (Lipinski definition) is 0. The molecule has 0 aliphatic rings. The molecule has 16 heteroatoms. The molecule has 0 spiro atoms. The number of hydrogen-bond acceptors (Lipinski definition) is 10. The number of imidazole rings is 2. The number of halogens is 1. The summed E-state index contributed by atoms with van der Waals surface area (Å²) in [5, 5.41) is 8.69.